The van der Waals surface area contributed by atoms with Crippen LogP contribution < -0.4 is 11.1 Å². The number of methoxy groups -OCH3 is 1. The van der Waals surface area contributed by atoms with Crippen LogP contribution in [0.15, 0.2) is 28.8 Å². The average molecular weight is 360 g/mol. The predicted octanol–water partition coefficient (Wildman–Crippen LogP) is 1.81. The molecule has 0 aliphatic carbocycles. The van der Waals surface area contributed by atoms with Crippen LogP contribution in [-0.2, 0) is 27.2 Å². The zero-order chi connectivity index (χ0) is 19.1. The van der Waals surface area contributed by atoms with Gasteiger partial charge in [0.05, 0.1) is 20.0 Å². The number of ether oxygens (including phenoxy) is 1. The van der Waals surface area contributed by atoms with Gasteiger partial charge in [-0.25, -0.2) is 0 Å². The first-order valence-corrected chi connectivity index (χ1v) is 8.47. The minimum Gasteiger partial charge on any atom is -0.468 e. The Labute approximate surface area is 152 Å². The summed E-state index contributed by atoms with van der Waals surface area (Å²) in [7, 11) is 1.25. The van der Waals surface area contributed by atoms with E-state index in [2.05, 4.69) is 34.0 Å². The van der Waals surface area contributed by atoms with Crippen LogP contribution in [0.4, 0.5) is 5.69 Å². The molecule has 0 saturated carbocycles. The Morgan fingerprint density at radius 2 is 2.00 bits per heavy atom. The molecule has 3 N–H and O–H groups in total. The topological polar surface area (TPSA) is 120 Å². The molecular formula is C18H24N4O4. The summed E-state index contributed by atoms with van der Waals surface area (Å²) in [6.45, 7) is 4.30. The molecule has 0 aliphatic rings. The number of hydrogen-bond donors (Lipinski definition) is 2. The second-order valence-electron chi connectivity index (χ2n) is 6.09. The van der Waals surface area contributed by atoms with Gasteiger partial charge in [0.1, 0.15) is 6.04 Å². The van der Waals surface area contributed by atoms with Crippen molar-refractivity contribution in [1.29, 1.82) is 0 Å². The lowest BCUT2D eigenvalue weighted by atomic mass is 9.99. The highest BCUT2D eigenvalue weighted by atomic mass is 16.5. The average Bonchev–Trinajstić information content (AvgIpc) is 3.07. The summed E-state index contributed by atoms with van der Waals surface area (Å²) in [6.07, 6.45) is 1.08. The van der Waals surface area contributed by atoms with Crippen LogP contribution >= 0.6 is 0 Å². The Morgan fingerprint density at radius 3 is 2.62 bits per heavy atom. The van der Waals surface area contributed by atoms with E-state index >= 15 is 0 Å². The molecule has 0 spiro atoms. The lowest BCUT2D eigenvalue weighted by Gasteiger charge is -2.10. The Morgan fingerprint density at radius 1 is 1.31 bits per heavy atom. The van der Waals surface area contributed by atoms with Gasteiger partial charge in [-0.05, 0) is 30.0 Å². The lowest BCUT2D eigenvalue weighted by Crippen LogP contribution is -2.33. The molecule has 8 nitrogen and oxygen atoms in total. The Balaban J connectivity index is 1.89. The van der Waals surface area contributed by atoms with Crippen LogP contribution in [0.5, 0.6) is 0 Å². The number of anilines is 1. The Hall–Kier alpha value is -2.74. The maximum atomic E-state index is 12.1. The number of aromatic nitrogens is 2. The maximum Gasteiger partial charge on any atom is 0.323 e. The van der Waals surface area contributed by atoms with E-state index in [1.807, 2.05) is 24.3 Å². The van der Waals surface area contributed by atoms with Gasteiger partial charge in [-0.15, -0.1) is 0 Å². The van der Waals surface area contributed by atoms with Crippen LogP contribution in [0.25, 0.3) is 0 Å². The van der Waals surface area contributed by atoms with Crippen LogP contribution in [0.1, 0.15) is 43.5 Å². The molecule has 8 heteroatoms. The van der Waals surface area contributed by atoms with Crippen LogP contribution in [0.3, 0.4) is 0 Å². The minimum atomic E-state index is -0.883. The fraction of sp³-hybridized carbons (Fsp3) is 0.444. The SMILES string of the molecule is CCC(C)c1ccc(NC(=O)Cc2noc(C[C@@H](N)C(=O)OC)n2)cc1. The first kappa shape index (κ1) is 19.6. The summed E-state index contributed by atoms with van der Waals surface area (Å²) in [4.78, 5) is 27.5. The van der Waals surface area contributed by atoms with Crippen molar-refractivity contribution in [3.8, 4) is 0 Å². The second kappa shape index (κ2) is 9.10. The quantitative estimate of drug-likeness (QED) is 0.689. The van der Waals surface area contributed by atoms with Crippen molar-refractivity contribution in [2.75, 3.05) is 12.4 Å². The van der Waals surface area contributed by atoms with Gasteiger partial charge in [0.15, 0.2) is 5.82 Å². The molecule has 0 bridgehead atoms. The maximum absolute atomic E-state index is 12.1. The summed E-state index contributed by atoms with van der Waals surface area (Å²) in [5, 5.41) is 6.52. The Bertz CT molecular complexity index is 742. The van der Waals surface area contributed by atoms with Crippen LogP contribution in [0, 0.1) is 0 Å². The van der Waals surface area contributed by atoms with Crippen molar-refractivity contribution in [3.63, 3.8) is 0 Å². The Kier molecular flexibility index (Phi) is 6.85. The van der Waals surface area contributed by atoms with Crippen LogP contribution in [0.2, 0.25) is 0 Å². The number of hydrogen-bond acceptors (Lipinski definition) is 7. The largest absolute Gasteiger partial charge is 0.468 e. The zero-order valence-corrected chi connectivity index (χ0v) is 15.2. The number of carbonyl (C=O) groups is 2. The molecule has 1 aromatic carbocycles. The molecule has 0 fully saturated rings. The van der Waals surface area contributed by atoms with Gasteiger partial charge in [-0.2, -0.15) is 4.98 Å². The summed E-state index contributed by atoms with van der Waals surface area (Å²) in [6, 6.07) is 6.87. The van der Waals surface area contributed by atoms with Crippen molar-refractivity contribution < 1.29 is 18.8 Å². The number of rotatable bonds is 8. The third kappa shape index (κ3) is 5.38. The van der Waals surface area contributed by atoms with Crippen molar-refractivity contribution in [3.05, 3.63) is 41.5 Å². The van der Waals surface area contributed by atoms with Gasteiger partial charge in [-0.3, -0.25) is 9.59 Å². The highest BCUT2D eigenvalue weighted by Crippen LogP contribution is 2.20. The summed E-state index contributed by atoms with van der Waals surface area (Å²) < 4.78 is 9.54. The fourth-order valence-corrected chi connectivity index (χ4v) is 2.35. The highest BCUT2D eigenvalue weighted by molar-refractivity contribution is 5.91. The summed E-state index contributed by atoms with van der Waals surface area (Å²) in [5.41, 5.74) is 7.57. The van der Waals surface area contributed by atoms with E-state index in [0.29, 0.717) is 11.6 Å². The van der Waals surface area contributed by atoms with E-state index in [4.69, 9.17) is 10.3 Å². The van der Waals surface area contributed by atoms with Gasteiger partial charge in [0.25, 0.3) is 0 Å². The van der Waals surface area contributed by atoms with E-state index in [1.54, 1.807) is 0 Å². The first-order chi connectivity index (χ1) is 12.4. The molecule has 0 aliphatic heterocycles. The number of amides is 1. The summed E-state index contributed by atoms with van der Waals surface area (Å²) in [5.74, 6) is 0.0671. The predicted molar refractivity (Wildman–Crippen MR) is 95.5 cm³/mol. The number of carbonyl (C=O) groups excluding carboxylic acids is 2. The van der Waals surface area contributed by atoms with E-state index in [0.717, 1.165) is 6.42 Å². The molecule has 0 saturated heterocycles. The molecule has 2 atom stereocenters. The number of esters is 1. The van der Waals surface area contributed by atoms with E-state index in [1.165, 1.54) is 12.7 Å². The molecule has 0 radical (unpaired) electrons. The monoisotopic (exact) mass is 360 g/mol. The third-order valence-electron chi connectivity index (χ3n) is 4.10. The number of nitrogens with two attached hydrogens (primary N) is 1. The van der Waals surface area contributed by atoms with Crippen LogP contribution in [-0.4, -0.2) is 35.2 Å². The summed E-state index contributed by atoms with van der Waals surface area (Å²) >= 11 is 0. The number of nitrogens with zero attached hydrogens (tertiary/aromatic N) is 2. The van der Waals surface area contributed by atoms with Crippen molar-refractivity contribution in [2.45, 2.75) is 45.1 Å². The molecule has 2 rings (SSSR count). The van der Waals surface area contributed by atoms with Crippen molar-refractivity contribution >= 4 is 17.6 Å². The molecule has 2 aromatic rings. The number of nitrogens with one attached hydrogen (secondary N) is 1. The fourth-order valence-electron chi connectivity index (χ4n) is 2.35. The van der Waals surface area contributed by atoms with E-state index in [-0.39, 0.29) is 30.5 Å². The normalized spacial score (nSPS) is 13.1. The first-order valence-electron chi connectivity index (χ1n) is 8.47. The minimum absolute atomic E-state index is 0.0376. The standard InChI is InChI=1S/C18H24N4O4/c1-4-11(2)12-5-7-13(8-6-12)20-16(23)10-15-21-17(26-22-15)9-14(19)18(24)25-3/h5-8,11,14H,4,9-10,19H2,1-3H3,(H,20,23)/t11?,14-/m1/s1. The second-order valence-corrected chi connectivity index (χ2v) is 6.09. The van der Waals surface area contributed by atoms with Gasteiger partial charge in [-0.1, -0.05) is 31.1 Å². The van der Waals surface area contributed by atoms with Crippen molar-refractivity contribution in [1.82, 2.24) is 10.1 Å². The van der Waals surface area contributed by atoms with E-state index < -0.39 is 12.0 Å². The van der Waals surface area contributed by atoms with Gasteiger partial charge in [0, 0.05) is 5.69 Å². The molecule has 140 valence electrons. The smallest absolute Gasteiger partial charge is 0.323 e. The molecule has 1 unspecified atom stereocenters. The molecule has 26 heavy (non-hydrogen) atoms. The van der Waals surface area contributed by atoms with E-state index in [9.17, 15) is 9.59 Å². The van der Waals surface area contributed by atoms with Gasteiger partial charge >= 0.3 is 5.97 Å². The third-order valence-corrected chi connectivity index (χ3v) is 4.10. The van der Waals surface area contributed by atoms with Crippen molar-refractivity contribution in [2.24, 2.45) is 5.73 Å². The molecule has 1 amide bonds. The lowest BCUT2D eigenvalue weighted by molar-refractivity contribution is -0.142. The molecular weight excluding hydrogens is 336 g/mol. The van der Waals surface area contributed by atoms with Gasteiger partial charge < -0.3 is 20.3 Å². The molecule has 1 heterocycles. The molecule has 1 aromatic heterocycles. The number of benzene rings is 1. The van der Waals surface area contributed by atoms with Gasteiger partial charge in [0.2, 0.25) is 11.8 Å². The zero-order valence-electron chi connectivity index (χ0n) is 15.2. The highest BCUT2D eigenvalue weighted by Gasteiger charge is 2.19.